The number of hydrogen-bond acceptors (Lipinski definition) is 6. The third kappa shape index (κ3) is 4.21. The topological polar surface area (TPSA) is 93.3 Å². The molecule has 8 heteroatoms. The zero-order valence-corrected chi connectivity index (χ0v) is 19.2. The number of ether oxygens (including phenoxy) is 2. The van der Waals surface area contributed by atoms with Crippen LogP contribution in [0, 0.1) is 6.92 Å². The van der Waals surface area contributed by atoms with Crippen LogP contribution in [-0.2, 0) is 17.6 Å². The predicted octanol–water partition coefficient (Wildman–Crippen LogP) is 4.47. The van der Waals surface area contributed by atoms with E-state index in [4.69, 9.17) is 14.5 Å². The van der Waals surface area contributed by atoms with Crippen molar-refractivity contribution in [2.24, 2.45) is 0 Å². The molecule has 0 saturated carbocycles. The van der Waals surface area contributed by atoms with Crippen LogP contribution in [0.1, 0.15) is 22.4 Å². The van der Waals surface area contributed by atoms with E-state index < -0.39 is 0 Å². The quantitative estimate of drug-likeness (QED) is 0.442. The van der Waals surface area contributed by atoms with E-state index in [2.05, 4.69) is 10.3 Å². The summed E-state index contributed by atoms with van der Waals surface area (Å²) < 4.78 is 11.1. The Hall–Kier alpha value is -3.65. The van der Waals surface area contributed by atoms with Crippen LogP contribution < -0.4 is 20.3 Å². The van der Waals surface area contributed by atoms with Crippen molar-refractivity contribution in [3.05, 3.63) is 68.8 Å². The van der Waals surface area contributed by atoms with Gasteiger partial charge in [0.2, 0.25) is 0 Å². The Kier molecular flexibility index (Phi) is 5.60. The number of fused-ring (bicyclic) bond motifs is 3. The van der Waals surface area contributed by atoms with Crippen molar-refractivity contribution < 1.29 is 14.3 Å². The molecule has 2 aromatic heterocycles. The Labute approximate surface area is 194 Å². The lowest BCUT2D eigenvalue weighted by molar-refractivity contribution is -0.118. The summed E-state index contributed by atoms with van der Waals surface area (Å²) in [5.41, 5.74) is 3.58. The molecule has 2 N–H and O–H groups in total. The lowest BCUT2D eigenvalue weighted by atomic mass is 10.1. The molecule has 2 heterocycles. The van der Waals surface area contributed by atoms with Gasteiger partial charge in [0, 0.05) is 16.1 Å². The number of aromatic amines is 1. The first kappa shape index (κ1) is 21.2. The van der Waals surface area contributed by atoms with Crippen molar-refractivity contribution in [2.45, 2.75) is 26.2 Å². The van der Waals surface area contributed by atoms with Crippen LogP contribution >= 0.6 is 11.3 Å². The van der Waals surface area contributed by atoms with Gasteiger partial charge >= 0.3 is 0 Å². The first-order valence-corrected chi connectivity index (χ1v) is 11.6. The molecule has 0 radical (unpaired) electrons. The van der Waals surface area contributed by atoms with Gasteiger partial charge in [-0.2, -0.15) is 0 Å². The second-order valence-corrected chi connectivity index (χ2v) is 9.10. The van der Waals surface area contributed by atoms with Gasteiger partial charge in [-0.1, -0.05) is 17.7 Å². The lowest BCUT2D eigenvalue weighted by Gasteiger charge is -2.12. The molecule has 1 aliphatic carbocycles. The van der Waals surface area contributed by atoms with Crippen molar-refractivity contribution in [3.8, 4) is 22.9 Å². The molecule has 0 spiro atoms. The zero-order chi connectivity index (χ0) is 22.9. The highest BCUT2D eigenvalue weighted by molar-refractivity contribution is 7.18. The fraction of sp³-hybridized carbons (Fsp3) is 0.240. The lowest BCUT2D eigenvalue weighted by Crippen LogP contribution is -2.20. The molecule has 5 rings (SSSR count). The summed E-state index contributed by atoms with van der Waals surface area (Å²) in [6.45, 7) is 1.83. The van der Waals surface area contributed by atoms with Crippen LogP contribution in [0.15, 0.2) is 47.3 Å². The number of aromatic nitrogens is 2. The molecule has 33 heavy (non-hydrogen) atoms. The van der Waals surface area contributed by atoms with Gasteiger partial charge < -0.3 is 19.8 Å². The van der Waals surface area contributed by atoms with E-state index in [9.17, 15) is 9.59 Å². The molecule has 0 bridgehead atoms. The summed E-state index contributed by atoms with van der Waals surface area (Å²) in [7, 11) is 1.53. The molecule has 168 valence electrons. The first-order chi connectivity index (χ1) is 16.0. The van der Waals surface area contributed by atoms with Gasteiger partial charge in [-0.25, -0.2) is 4.98 Å². The van der Waals surface area contributed by atoms with Crippen LogP contribution in [-0.4, -0.2) is 29.6 Å². The highest BCUT2D eigenvalue weighted by Gasteiger charge is 2.21. The Morgan fingerprint density at radius 2 is 1.97 bits per heavy atom. The van der Waals surface area contributed by atoms with Crippen LogP contribution in [0.4, 0.5) is 5.69 Å². The van der Waals surface area contributed by atoms with E-state index in [1.807, 2.05) is 31.2 Å². The minimum Gasteiger partial charge on any atom is -0.493 e. The number of aryl methyl sites for hydroxylation is 3. The highest BCUT2D eigenvalue weighted by atomic mass is 32.1. The largest absolute Gasteiger partial charge is 0.493 e. The molecule has 0 fully saturated rings. The number of nitrogens with one attached hydrogen (secondary N) is 2. The maximum absolute atomic E-state index is 12.8. The molecular formula is C25H23N3O4S. The number of hydrogen-bond donors (Lipinski definition) is 2. The molecule has 0 atom stereocenters. The summed E-state index contributed by atoms with van der Waals surface area (Å²) >= 11 is 1.60. The van der Waals surface area contributed by atoms with Crippen molar-refractivity contribution in [1.82, 2.24) is 9.97 Å². The third-order valence-corrected chi connectivity index (χ3v) is 6.89. The second kappa shape index (κ2) is 8.71. The number of H-pyrrole nitrogens is 1. The van der Waals surface area contributed by atoms with Gasteiger partial charge in [-0.3, -0.25) is 9.59 Å². The highest BCUT2D eigenvalue weighted by Crippen LogP contribution is 2.36. The summed E-state index contributed by atoms with van der Waals surface area (Å²) in [5, 5.41) is 3.52. The fourth-order valence-corrected chi connectivity index (χ4v) is 5.31. The molecule has 2 aromatic carbocycles. The summed E-state index contributed by atoms with van der Waals surface area (Å²) in [4.78, 5) is 34.7. The minimum absolute atomic E-state index is 0.110. The minimum atomic E-state index is -0.271. The van der Waals surface area contributed by atoms with Gasteiger partial charge in [0.05, 0.1) is 12.5 Å². The molecule has 0 aliphatic heterocycles. The zero-order valence-electron chi connectivity index (χ0n) is 18.4. The number of anilines is 1. The van der Waals surface area contributed by atoms with Gasteiger partial charge in [0.25, 0.3) is 11.5 Å². The molecule has 4 aromatic rings. The summed E-state index contributed by atoms with van der Waals surface area (Å²) in [5.74, 6) is 1.09. The van der Waals surface area contributed by atoms with Crippen molar-refractivity contribution >= 4 is 33.1 Å². The van der Waals surface area contributed by atoms with E-state index in [-0.39, 0.29) is 18.1 Å². The first-order valence-electron chi connectivity index (χ1n) is 10.7. The number of thiophene rings is 1. The van der Waals surface area contributed by atoms with Crippen molar-refractivity contribution in [1.29, 1.82) is 0 Å². The molecule has 1 amide bonds. The van der Waals surface area contributed by atoms with Crippen molar-refractivity contribution in [3.63, 3.8) is 0 Å². The molecular weight excluding hydrogens is 438 g/mol. The van der Waals surface area contributed by atoms with E-state index in [0.717, 1.165) is 40.6 Å². The van der Waals surface area contributed by atoms with Gasteiger partial charge in [0.15, 0.2) is 18.1 Å². The number of amides is 1. The standard InChI is InChI=1S/C25H23N3O4S/c1-14-6-9-16(10-7-14)26-21(29)13-32-18-11-8-15(12-19(18)31-2)23-27-24(30)22-17-4-3-5-20(17)33-25(22)28-23/h6-12H,3-5,13H2,1-2H3,(H,26,29)(H,27,28,30). The van der Waals surface area contributed by atoms with Gasteiger partial charge in [0.1, 0.15) is 10.7 Å². The smallest absolute Gasteiger partial charge is 0.262 e. The number of benzene rings is 2. The number of methoxy groups -OCH3 is 1. The average molecular weight is 462 g/mol. The normalized spacial score (nSPS) is 12.5. The Morgan fingerprint density at radius 3 is 2.76 bits per heavy atom. The summed E-state index contributed by atoms with van der Waals surface area (Å²) in [6.07, 6.45) is 3.05. The van der Waals surface area contributed by atoms with Gasteiger partial charge in [-0.15, -0.1) is 11.3 Å². The predicted molar refractivity (Wildman–Crippen MR) is 130 cm³/mol. The Bertz CT molecular complexity index is 1410. The van der Waals surface area contributed by atoms with Crippen LogP contribution in [0.3, 0.4) is 0 Å². The number of carbonyl (C=O) groups excluding carboxylic acids is 1. The average Bonchev–Trinajstić information content (AvgIpc) is 3.40. The maximum atomic E-state index is 12.8. The molecule has 0 unspecified atom stereocenters. The Balaban J connectivity index is 1.34. The number of nitrogens with zero attached hydrogens (tertiary/aromatic N) is 1. The van der Waals surface area contributed by atoms with Crippen LogP contribution in [0.2, 0.25) is 0 Å². The second-order valence-electron chi connectivity index (χ2n) is 8.02. The monoisotopic (exact) mass is 461 g/mol. The molecule has 1 aliphatic rings. The third-order valence-electron chi connectivity index (χ3n) is 5.71. The van der Waals surface area contributed by atoms with E-state index >= 15 is 0 Å². The van der Waals surface area contributed by atoms with Gasteiger partial charge in [-0.05, 0) is 62.1 Å². The van der Waals surface area contributed by atoms with E-state index in [1.54, 1.807) is 29.5 Å². The van der Waals surface area contributed by atoms with Crippen LogP contribution in [0.25, 0.3) is 21.6 Å². The number of carbonyl (C=O) groups is 1. The Morgan fingerprint density at radius 1 is 1.15 bits per heavy atom. The number of rotatable bonds is 6. The SMILES string of the molecule is COc1cc(-c2nc3sc4c(c3c(=O)[nH]2)CCC4)ccc1OCC(=O)Nc1ccc(C)cc1. The molecule has 0 saturated heterocycles. The van der Waals surface area contributed by atoms with E-state index in [0.29, 0.717) is 28.6 Å². The van der Waals surface area contributed by atoms with Crippen LogP contribution in [0.5, 0.6) is 11.5 Å². The maximum Gasteiger partial charge on any atom is 0.262 e. The fourth-order valence-electron chi connectivity index (χ4n) is 4.05. The summed E-state index contributed by atoms with van der Waals surface area (Å²) in [6, 6.07) is 12.8. The van der Waals surface area contributed by atoms with E-state index in [1.165, 1.54) is 12.0 Å². The molecule has 7 nitrogen and oxygen atoms in total. The van der Waals surface area contributed by atoms with Crippen molar-refractivity contribution in [2.75, 3.05) is 19.0 Å².